The highest BCUT2D eigenvalue weighted by molar-refractivity contribution is 7.84. The summed E-state index contributed by atoms with van der Waals surface area (Å²) < 4.78 is 28.8. The second-order valence-corrected chi connectivity index (χ2v) is 15.1. The van der Waals surface area contributed by atoms with Crippen molar-refractivity contribution in [3.05, 3.63) is 70.3 Å². The number of nitrogens with two attached hydrogens (primary N) is 1. The first-order valence-electron chi connectivity index (χ1n) is 15.6. The summed E-state index contributed by atoms with van der Waals surface area (Å²) in [5.41, 5.74) is 9.67. The molecule has 2 aliphatic heterocycles. The zero-order valence-corrected chi connectivity index (χ0v) is 27.0. The number of hydrogen-bond donors (Lipinski definition) is 2. The zero-order chi connectivity index (χ0) is 30.4. The van der Waals surface area contributed by atoms with Gasteiger partial charge in [-0.15, -0.1) is 0 Å². The van der Waals surface area contributed by atoms with E-state index in [1.54, 1.807) is 13.2 Å². The lowest BCUT2D eigenvalue weighted by Crippen LogP contribution is -2.55. The van der Waals surface area contributed by atoms with Crippen molar-refractivity contribution in [3.8, 4) is 5.75 Å². The minimum absolute atomic E-state index is 0.0928. The fourth-order valence-electron chi connectivity index (χ4n) is 7.74. The first-order chi connectivity index (χ1) is 20.7. The Morgan fingerprint density at radius 1 is 1.21 bits per heavy atom. The molecule has 0 saturated heterocycles. The molecule has 1 spiro atoms. The van der Waals surface area contributed by atoms with E-state index >= 15 is 0 Å². The third-order valence-electron chi connectivity index (χ3n) is 10.7. The average Bonchev–Trinajstić information content (AvgIpc) is 3.14. The second-order valence-electron chi connectivity index (χ2n) is 13.1. The molecule has 7 unspecified atom stereocenters. The molecule has 2 bridgehead atoms. The predicted octanol–water partition coefficient (Wildman–Crippen LogP) is 5.56. The van der Waals surface area contributed by atoms with Crippen molar-refractivity contribution in [2.45, 2.75) is 68.6 Å². The van der Waals surface area contributed by atoms with E-state index in [0.717, 1.165) is 68.1 Å². The van der Waals surface area contributed by atoms with E-state index in [1.807, 2.05) is 25.1 Å². The van der Waals surface area contributed by atoms with Crippen LogP contribution in [0.4, 0.5) is 5.69 Å². The first-order valence-corrected chi connectivity index (χ1v) is 17.2. The summed E-state index contributed by atoms with van der Waals surface area (Å²) in [7, 11) is 0.228. The van der Waals surface area contributed by atoms with Crippen molar-refractivity contribution in [2.75, 3.05) is 38.3 Å². The van der Waals surface area contributed by atoms with Crippen molar-refractivity contribution >= 4 is 34.2 Å². The van der Waals surface area contributed by atoms with Gasteiger partial charge in [0, 0.05) is 42.7 Å². The van der Waals surface area contributed by atoms with Crippen molar-refractivity contribution in [1.82, 2.24) is 4.72 Å². The number of allylic oxidation sites excluding steroid dienone is 1. The van der Waals surface area contributed by atoms with Gasteiger partial charge < -0.3 is 20.1 Å². The zero-order valence-electron chi connectivity index (χ0n) is 25.4. The Hall–Kier alpha value is -2.39. The van der Waals surface area contributed by atoms with Crippen LogP contribution in [-0.2, 0) is 27.6 Å². The van der Waals surface area contributed by atoms with Gasteiger partial charge in [0.2, 0.25) is 0 Å². The van der Waals surface area contributed by atoms with Gasteiger partial charge in [-0.05, 0) is 105 Å². The monoisotopic (exact) mass is 625 g/mol. The third-order valence-corrected chi connectivity index (χ3v) is 12.5. The summed E-state index contributed by atoms with van der Waals surface area (Å²) >= 11 is 6.43. The third kappa shape index (κ3) is 5.65. The summed E-state index contributed by atoms with van der Waals surface area (Å²) in [6.45, 7) is 6.51. The van der Waals surface area contributed by atoms with E-state index in [-0.39, 0.29) is 28.4 Å². The lowest BCUT2D eigenvalue weighted by atomic mass is 9.63. The highest BCUT2D eigenvalue weighted by atomic mass is 35.5. The van der Waals surface area contributed by atoms with Gasteiger partial charge in [-0.2, -0.15) is 0 Å². The fraction of sp³-hybridized carbons (Fsp3) is 0.559. The van der Waals surface area contributed by atoms with E-state index in [1.165, 1.54) is 11.1 Å². The Balaban J connectivity index is 1.44. The summed E-state index contributed by atoms with van der Waals surface area (Å²) in [5, 5.41) is 0.534. The molecule has 43 heavy (non-hydrogen) atoms. The maximum atomic E-state index is 13.4. The van der Waals surface area contributed by atoms with Crippen LogP contribution >= 0.6 is 11.6 Å². The molecular weight excluding hydrogens is 582 g/mol. The summed E-state index contributed by atoms with van der Waals surface area (Å²) in [5.74, 6) is 1.16. The maximum absolute atomic E-state index is 13.4. The van der Waals surface area contributed by atoms with Crippen molar-refractivity contribution in [1.29, 1.82) is 0 Å². The van der Waals surface area contributed by atoms with Gasteiger partial charge in [0.1, 0.15) is 22.3 Å². The first kappa shape index (κ1) is 30.6. The van der Waals surface area contributed by atoms with Gasteiger partial charge in [0.25, 0.3) is 5.91 Å². The van der Waals surface area contributed by atoms with Gasteiger partial charge in [0.05, 0.1) is 17.5 Å². The van der Waals surface area contributed by atoms with Crippen molar-refractivity contribution < 1.29 is 18.5 Å². The Labute approximate surface area is 263 Å². The molecule has 2 aliphatic carbocycles. The molecule has 232 valence electrons. The van der Waals surface area contributed by atoms with Gasteiger partial charge in [0.15, 0.2) is 0 Å². The predicted molar refractivity (Wildman–Crippen MR) is 173 cm³/mol. The molecule has 1 amide bonds. The summed E-state index contributed by atoms with van der Waals surface area (Å²) in [6, 6.07) is 11.9. The number of hydrogen-bond acceptors (Lipinski definition) is 6. The Kier molecular flexibility index (Phi) is 8.68. The van der Waals surface area contributed by atoms with Crippen molar-refractivity contribution in [3.63, 3.8) is 0 Å². The van der Waals surface area contributed by atoms with E-state index in [4.69, 9.17) is 26.8 Å². The van der Waals surface area contributed by atoms with Crippen LogP contribution in [-0.4, -0.2) is 54.3 Å². The van der Waals surface area contributed by atoms with Crippen LogP contribution in [0.15, 0.2) is 48.6 Å². The van der Waals surface area contributed by atoms with E-state index in [9.17, 15) is 9.00 Å². The number of carbonyl (C=O) groups excluding carboxylic acids is 1. The van der Waals surface area contributed by atoms with Crippen LogP contribution in [0.3, 0.4) is 0 Å². The molecule has 2 heterocycles. The number of halogens is 1. The Morgan fingerprint density at radius 2 is 2.05 bits per heavy atom. The quantitative estimate of drug-likeness (QED) is 0.425. The molecule has 1 fully saturated rings. The standard InChI is InChI=1S/C34H44ClN3O4S/c1-22-6-4-15-34(19-36,41-3)29-11-8-26(29)18-38-20-33(14-5-7-24-16-27(35)10-12-28(24)33)21-42-31-13-9-25(17-30(31)38)32(39)37-43(40)23(22)2/h4,9-10,12-13,15-17,22-23,26,29H,5-8,11,14,18-21,36H2,1-3H3,(H,37,39)/b15-4+. The number of methoxy groups -OCH3 is 1. The fourth-order valence-corrected chi connectivity index (χ4v) is 8.96. The molecule has 2 aromatic carbocycles. The number of anilines is 1. The average molecular weight is 626 g/mol. The van der Waals surface area contributed by atoms with E-state index in [0.29, 0.717) is 24.6 Å². The van der Waals surface area contributed by atoms with Gasteiger partial charge in [-0.1, -0.05) is 36.7 Å². The smallest absolute Gasteiger partial charge is 0.263 e. The molecule has 6 rings (SSSR count). The number of nitrogens with zero attached hydrogens (tertiary/aromatic N) is 1. The van der Waals surface area contributed by atoms with Crippen LogP contribution in [0.2, 0.25) is 5.02 Å². The summed E-state index contributed by atoms with van der Waals surface area (Å²) in [6.07, 6.45) is 10.2. The summed E-state index contributed by atoms with van der Waals surface area (Å²) in [4.78, 5) is 15.8. The van der Waals surface area contributed by atoms with Crippen LogP contribution in [0, 0.1) is 17.8 Å². The molecular formula is C34H44ClN3O4S. The van der Waals surface area contributed by atoms with Gasteiger partial charge >= 0.3 is 0 Å². The molecule has 4 aliphatic rings. The number of benzene rings is 2. The number of aryl methyl sites for hydroxylation is 1. The maximum Gasteiger partial charge on any atom is 0.263 e. The molecule has 0 aromatic heterocycles. The lowest BCUT2D eigenvalue weighted by Gasteiger charge is -2.50. The van der Waals surface area contributed by atoms with Crippen molar-refractivity contribution in [2.24, 2.45) is 23.5 Å². The molecule has 7 nitrogen and oxygen atoms in total. The largest absolute Gasteiger partial charge is 0.490 e. The number of fused-ring (bicyclic) bond motifs is 4. The second kappa shape index (κ2) is 12.2. The number of ether oxygens (including phenoxy) is 2. The van der Waals surface area contributed by atoms with E-state index < -0.39 is 16.6 Å². The van der Waals surface area contributed by atoms with Crippen LogP contribution < -0.4 is 20.1 Å². The lowest BCUT2D eigenvalue weighted by molar-refractivity contribution is -0.0684. The minimum Gasteiger partial charge on any atom is -0.490 e. The normalized spacial score (nSPS) is 35.0. The number of carbonyl (C=O) groups is 1. The SMILES string of the molecule is COC1(CN)/C=C/CC(C)C(C)S(=O)NC(=O)c2ccc3c(c2)N(CC2CCC21)CC1(CCCc2cc(Cl)ccc21)CO3. The Bertz CT molecular complexity index is 1430. The molecule has 2 aromatic rings. The number of nitrogens with one attached hydrogen (secondary N) is 1. The van der Waals surface area contributed by atoms with Crippen LogP contribution in [0.5, 0.6) is 5.75 Å². The molecule has 1 saturated carbocycles. The topological polar surface area (TPSA) is 93.9 Å². The van der Waals surface area contributed by atoms with Crippen LogP contribution in [0.1, 0.15) is 67.4 Å². The highest BCUT2D eigenvalue weighted by Gasteiger charge is 2.48. The van der Waals surface area contributed by atoms with Gasteiger partial charge in [-0.3, -0.25) is 9.52 Å². The van der Waals surface area contributed by atoms with Crippen LogP contribution in [0.25, 0.3) is 0 Å². The molecule has 3 N–H and O–H groups in total. The molecule has 0 radical (unpaired) electrons. The van der Waals surface area contributed by atoms with Gasteiger partial charge in [-0.25, -0.2) is 4.21 Å². The highest BCUT2D eigenvalue weighted by Crippen LogP contribution is 2.48. The number of amides is 1. The Morgan fingerprint density at radius 3 is 2.79 bits per heavy atom. The number of rotatable bonds is 2. The molecule has 9 heteroatoms. The van der Waals surface area contributed by atoms with E-state index in [2.05, 4.69) is 40.8 Å². The molecule has 7 atom stereocenters. The minimum atomic E-state index is -1.54.